The Bertz CT molecular complexity index is 202. The number of halogens is 4. The number of aliphatic carboxylic acids is 1. The Kier molecular flexibility index (Phi) is 2.80. The molecule has 0 aliphatic heterocycles. The largest absolute Gasteiger partial charge is 0.768 e. The standard InChI is InChI=1S/C3H2F4O4S/c4-2(5,1(8)9)3(6,7)12(10)11/h(H,8,9)(H,10,11)/p-1. The van der Waals surface area contributed by atoms with Crippen LogP contribution in [-0.4, -0.2) is 31.0 Å². The monoisotopic (exact) mass is 209 g/mol. The Labute approximate surface area is 65.5 Å². The summed E-state index contributed by atoms with van der Waals surface area (Å²) in [7, 11) is 0. The van der Waals surface area contributed by atoms with Crippen molar-refractivity contribution in [1.29, 1.82) is 0 Å². The van der Waals surface area contributed by atoms with Crippen molar-refractivity contribution in [2.45, 2.75) is 11.2 Å². The molecule has 0 heterocycles. The van der Waals surface area contributed by atoms with E-state index in [0.717, 1.165) is 0 Å². The number of carbonyl (C=O) groups is 1. The Morgan fingerprint density at radius 3 is 1.75 bits per heavy atom. The first kappa shape index (κ1) is 11.3. The van der Waals surface area contributed by atoms with E-state index in [2.05, 4.69) is 0 Å². The highest BCUT2D eigenvalue weighted by Gasteiger charge is 2.63. The second-order valence-electron chi connectivity index (χ2n) is 1.63. The van der Waals surface area contributed by atoms with Gasteiger partial charge in [0.15, 0.2) is 0 Å². The third kappa shape index (κ3) is 1.55. The van der Waals surface area contributed by atoms with Crippen LogP contribution in [0.4, 0.5) is 17.6 Å². The number of hydrogen-bond donors (Lipinski definition) is 1. The average molecular weight is 209 g/mol. The Morgan fingerprint density at radius 1 is 1.33 bits per heavy atom. The van der Waals surface area contributed by atoms with E-state index in [1.165, 1.54) is 0 Å². The highest BCUT2D eigenvalue weighted by atomic mass is 32.2. The Morgan fingerprint density at radius 2 is 1.67 bits per heavy atom. The van der Waals surface area contributed by atoms with Crippen molar-refractivity contribution >= 4 is 17.0 Å². The Balaban J connectivity index is 5.01. The van der Waals surface area contributed by atoms with Crippen LogP contribution < -0.4 is 0 Å². The molecule has 0 aromatic rings. The fraction of sp³-hybridized carbons (Fsp3) is 0.667. The van der Waals surface area contributed by atoms with E-state index < -0.39 is 28.2 Å². The molecule has 0 aromatic carbocycles. The van der Waals surface area contributed by atoms with Crippen LogP contribution in [0.5, 0.6) is 0 Å². The molecule has 0 aliphatic rings. The summed E-state index contributed by atoms with van der Waals surface area (Å²) in [6.07, 6.45) is 0. The van der Waals surface area contributed by atoms with Gasteiger partial charge >= 0.3 is 17.1 Å². The van der Waals surface area contributed by atoms with Crippen LogP contribution in [-0.2, 0) is 15.9 Å². The Hall–Kier alpha value is -0.700. The summed E-state index contributed by atoms with van der Waals surface area (Å²) in [5.74, 6) is -8.81. The highest BCUT2D eigenvalue weighted by molar-refractivity contribution is 7.80. The van der Waals surface area contributed by atoms with Crippen molar-refractivity contribution in [1.82, 2.24) is 0 Å². The zero-order valence-electron chi connectivity index (χ0n) is 5.09. The molecule has 4 nitrogen and oxygen atoms in total. The summed E-state index contributed by atoms with van der Waals surface area (Å²) in [5, 5.41) is 1.92. The van der Waals surface area contributed by atoms with E-state index >= 15 is 0 Å². The van der Waals surface area contributed by atoms with E-state index in [9.17, 15) is 31.1 Å². The molecule has 1 unspecified atom stereocenters. The van der Waals surface area contributed by atoms with Gasteiger partial charge in [-0.1, -0.05) is 0 Å². The first-order chi connectivity index (χ1) is 5.14. The highest BCUT2D eigenvalue weighted by Crippen LogP contribution is 2.36. The van der Waals surface area contributed by atoms with Gasteiger partial charge in [0, 0.05) is 11.1 Å². The normalized spacial score (nSPS) is 15.8. The summed E-state index contributed by atoms with van der Waals surface area (Å²) in [6, 6.07) is 0. The number of carboxylic acid groups (broad SMARTS) is 1. The summed E-state index contributed by atoms with van der Waals surface area (Å²) in [4.78, 5) is 9.47. The van der Waals surface area contributed by atoms with Crippen molar-refractivity contribution in [3.8, 4) is 0 Å². The molecule has 0 rings (SSSR count). The molecule has 0 aliphatic carbocycles. The van der Waals surface area contributed by atoms with Crippen LogP contribution in [0, 0.1) is 0 Å². The zero-order chi connectivity index (χ0) is 10.2. The third-order valence-corrected chi connectivity index (χ3v) is 1.52. The molecule has 9 heteroatoms. The fourth-order valence-electron chi connectivity index (χ4n) is 0.229. The van der Waals surface area contributed by atoms with E-state index in [1.54, 1.807) is 0 Å². The van der Waals surface area contributed by atoms with Gasteiger partial charge in [-0.25, -0.2) is 4.79 Å². The molecule has 0 saturated carbocycles. The van der Waals surface area contributed by atoms with Crippen LogP contribution >= 0.6 is 0 Å². The minimum atomic E-state index is -5.61. The van der Waals surface area contributed by atoms with Crippen LogP contribution in [0.25, 0.3) is 0 Å². The van der Waals surface area contributed by atoms with Gasteiger partial charge in [-0.15, -0.1) is 0 Å². The van der Waals surface area contributed by atoms with Crippen molar-refractivity contribution < 1.29 is 36.2 Å². The number of carboxylic acids is 1. The molecular weight excluding hydrogens is 208 g/mol. The predicted molar refractivity (Wildman–Crippen MR) is 26.4 cm³/mol. The lowest BCUT2D eigenvalue weighted by Gasteiger charge is -2.24. The maximum atomic E-state index is 11.8. The molecule has 0 saturated heterocycles. The maximum absolute atomic E-state index is 11.8. The van der Waals surface area contributed by atoms with Gasteiger partial charge in [0.05, 0.1) is 0 Å². The number of hydrogen-bond acceptors (Lipinski definition) is 3. The molecule has 0 fully saturated rings. The van der Waals surface area contributed by atoms with Gasteiger partial charge in [-0.2, -0.15) is 17.6 Å². The van der Waals surface area contributed by atoms with Crippen LogP contribution in [0.15, 0.2) is 0 Å². The lowest BCUT2D eigenvalue weighted by Crippen LogP contribution is -2.49. The molecule has 0 bridgehead atoms. The minimum absolute atomic E-state index is 3.20. The summed E-state index contributed by atoms with van der Waals surface area (Å²) >= 11 is -4.48. The zero-order valence-corrected chi connectivity index (χ0v) is 5.91. The second-order valence-corrected chi connectivity index (χ2v) is 2.61. The SMILES string of the molecule is O=C(O)C(F)(F)C(F)(F)S(=O)[O-]. The topological polar surface area (TPSA) is 77.4 Å². The van der Waals surface area contributed by atoms with Crippen molar-refractivity contribution in [2.24, 2.45) is 0 Å². The van der Waals surface area contributed by atoms with E-state index in [1.807, 2.05) is 0 Å². The number of alkyl halides is 4. The lowest BCUT2D eigenvalue weighted by molar-refractivity contribution is -0.198. The van der Waals surface area contributed by atoms with Gasteiger partial charge < -0.3 is 9.66 Å². The van der Waals surface area contributed by atoms with E-state index in [0.29, 0.717) is 0 Å². The molecule has 1 atom stereocenters. The van der Waals surface area contributed by atoms with Crippen LogP contribution in [0.2, 0.25) is 0 Å². The summed E-state index contributed by atoms with van der Waals surface area (Å²) in [5.41, 5.74) is 0. The lowest BCUT2D eigenvalue weighted by atomic mass is 10.3. The first-order valence-electron chi connectivity index (χ1n) is 2.22. The molecule has 1 N–H and O–H groups in total. The molecule has 72 valence electrons. The van der Waals surface area contributed by atoms with Crippen LogP contribution in [0.1, 0.15) is 0 Å². The fourth-order valence-corrected chi connectivity index (χ4v) is 0.526. The molecule has 0 spiro atoms. The first-order valence-corrected chi connectivity index (χ1v) is 3.30. The minimum Gasteiger partial charge on any atom is -0.768 e. The van der Waals surface area contributed by atoms with Gasteiger partial charge in [-0.05, 0) is 0 Å². The van der Waals surface area contributed by atoms with Gasteiger partial charge in [0.25, 0.3) is 0 Å². The molecule has 0 aromatic heterocycles. The van der Waals surface area contributed by atoms with Crippen molar-refractivity contribution in [3.63, 3.8) is 0 Å². The smallest absolute Gasteiger partial charge is 0.415 e. The van der Waals surface area contributed by atoms with Gasteiger partial charge in [0.1, 0.15) is 0 Å². The molecular formula is C3HF4O4S-. The third-order valence-electron chi connectivity index (χ3n) is 0.843. The summed E-state index contributed by atoms with van der Waals surface area (Å²) < 4.78 is 66.3. The number of rotatable bonds is 3. The molecule has 0 amide bonds. The van der Waals surface area contributed by atoms with Gasteiger partial charge in [0.2, 0.25) is 0 Å². The maximum Gasteiger partial charge on any atom is 0.415 e. The molecule has 0 radical (unpaired) electrons. The average Bonchev–Trinajstić information content (AvgIpc) is 1.86. The predicted octanol–water partition coefficient (Wildman–Crippen LogP) is 0.178. The summed E-state index contributed by atoms with van der Waals surface area (Å²) in [6.45, 7) is 0. The quantitative estimate of drug-likeness (QED) is 0.531. The van der Waals surface area contributed by atoms with E-state index in [4.69, 9.17) is 5.11 Å². The van der Waals surface area contributed by atoms with E-state index in [-0.39, 0.29) is 0 Å². The van der Waals surface area contributed by atoms with Crippen LogP contribution in [0.3, 0.4) is 0 Å². The van der Waals surface area contributed by atoms with Gasteiger partial charge in [-0.3, -0.25) is 4.21 Å². The molecule has 12 heavy (non-hydrogen) atoms. The second kappa shape index (κ2) is 2.98. The van der Waals surface area contributed by atoms with Crippen molar-refractivity contribution in [3.05, 3.63) is 0 Å². The van der Waals surface area contributed by atoms with Crippen molar-refractivity contribution in [2.75, 3.05) is 0 Å².